The third kappa shape index (κ3) is 3.17. The molecule has 0 amide bonds. The Balaban J connectivity index is 1.84. The first-order chi connectivity index (χ1) is 9.93. The minimum Gasteiger partial charge on any atom is -0.117 e. The minimum absolute atomic E-state index is 0.276. The van der Waals surface area contributed by atoms with Gasteiger partial charge in [-0.1, -0.05) is 72.8 Å². The minimum atomic E-state index is -0.276. The van der Waals surface area contributed by atoms with Crippen LogP contribution in [0.2, 0.25) is 0 Å². The van der Waals surface area contributed by atoms with Gasteiger partial charge in [0.15, 0.2) is 0 Å². The topological polar surface area (TPSA) is 0 Å². The van der Waals surface area contributed by atoms with E-state index in [-0.39, 0.29) is 7.92 Å². The lowest BCUT2D eigenvalue weighted by molar-refractivity contribution is 1.17. The monoisotopic (exact) mass is 276 g/mol. The summed E-state index contributed by atoms with van der Waals surface area (Å²) in [6, 6.07) is 21.8. The summed E-state index contributed by atoms with van der Waals surface area (Å²) in [7, 11) is -0.276. The molecule has 0 saturated carbocycles. The molecular formula is C19H17P. The van der Waals surface area contributed by atoms with Crippen molar-refractivity contribution in [3.8, 4) is 0 Å². The average Bonchev–Trinajstić information content (AvgIpc) is 3.03. The van der Waals surface area contributed by atoms with Crippen molar-refractivity contribution in [2.24, 2.45) is 0 Å². The summed E-state index contributed by atoms with van der Waals surface area (Å²) in [4.78, 5) is 0. The van der Waals surface area contributed by atoms with Gasteiger partial charge in [0.1, 0.15) is 0 Å². The summed E-state index contributed by atoms with van der Waals surface area (Å²) in [5.74, 6) is 0. The summed E-state index contributed by atoms with van der Waals surface area (Å²) in [5.41, 5.74) is 4.63. The molecule has 1 heteroatoms. The van der Waals surface area contributed by atoms with Crippen LogP contribution in [0.15, 0.2) is 90.2 Å². The smallest absolute Gasteiger partial charge is 0.00564 e. The van der Waals surface area contributed by atoms with Crippen LogP contribution >= 0.6 is 7.92 Å². The molecule has 3 rings (SSSR count). The maximum absolute atomic E-state index is 3.31. The maximum Gasteiger partial charge on any atom is -0.00564 e. The second-order valence-corrected chi connectivity index (χ2v) is 7.10. The second-order valence-electron chi connectivity index (χ2n) is 4.77. The molecule has 1 aliphatic rings. The van der Waals surface area contributed by atoms with Crippen LogP contribution in [-0.2, 0) is 0 Å². The Labute approximate surface area is 121 Å². The van der Waals surface area contributed by atoms with Gasteiger partial charge in [-0.05, 0) is 42.8 Å². The third-order valence-corrected chi connectivity index (χ3v) is 5.92. The van der Waals surface area contributed by atoms with Gasteiger partial charge in [0.25, 0.3) is 0 Å². The van der Waals surface area contributed by atoms with E-state index in [2.05, 4.69) is 78.5 Å². The van der Waals surface area contributed by atoms with Gasteiger partial charge in [-0.15, -0.1) is 5.73 Å². The van der Waals surface area contributed by atoms with Crippen LogP contribution in [0.4, 0.5) is 0 Å². The van der Waals surface area contributed by atoms with E-state index in [9.17, 15) is 0 Å². The number of hydrogen-bond donors (Lipinski definition) is 0. The molecule has 20 heavy (non-hydrogen) atoms. The molecule has 0 spiro atoms. The van der Waals surface area contributed by atoms with E-state index >= 15 is 0 Å². The Hall–Kier alpha value is -1.87. The summed E-state index contributed by atoms with van der Waals surface area (Å²) >= 11 is 0. The van der Waals surface area contributed by atoms with Crippen molar-refractivity contribution >= 4 is 18.5 Å². The molecule has 2 aromatic carbocycles. The van der Waals surface area contributed by atoms with Crippen LogP contribution in [-0.4, -0.2) is 6.16 Å². The van der Waals surface area contributed by atoms with E-state index in [4.69, 9.17) is 0 Å². The zero-order valence-corrected chi connectivity index (χ0v) is 12.3. The van der Waals surface area contributed by atoms with E-state index in [1.54, 1.807) is 0 Å². The lowest BCUT2D eigenvalue weighted by atomic mass is 10.2. The average molecular weight is 276 g/mol. The Morgan fingerprint density at radius 3 is 1.90 bits per heavy atom. The van der Waals surface area contributed by atoms with Gasteiger partial charge in [0.2, 0.25) is 0 Å². The van der Waals surface area contributed by atoms with Crippen molar-refractivity contribution in [1.82, 2.24) is 0 Å². The van der Waals surface area contributed by atoms with Gasteiger partial charge >= 0.3 is 0 Å². The van der Waals surface area contributed by atoms with Gasteiger partial charge in [0, 0.05) is 0 Å². The van der Waals surface area contributed by atoms with Gasteiger partial charge in [-0.25, -0.2) is 0 Å². The highest BCUT2D eigenvalue weighted by atomic mass is 31.1. The van der Waals surface area contributed by atoms with Crippen LogP contribution in [0.5, 0.6) is 0 Å². The summed E-state index contributed by atoms with van der Waals surface area (Å²) in [6.07, 6.45) is 8.53. The van der Waals surface area contributed by atoms with Crippen molar-refractivity contribution < 1.29 is 0 Å². The highest BCUT2D eigenvalue weighted by Gasteiger charge is 2.13. The Kier molecular flexibility index (Phi) is 4.28. The zero-order chi connectivity index (χ0) is 13.6. The molecule has 0 bridgehead atoms. The molecule has 0 aromatic heterocycles. The van der Waals surface area contributed by atoms with Crippen LogP contribution < -0.4 is 10.6 Å². The molecule has 1 aliphatic carbocycles. The van der Waals surface area contributed by atoms with Crippen molar-refractivity contribution in [2.45, 2.75) is 6.42 Å². The fourth-order valence-corrected chi connectivity index (χ4v) is 4.72. The van der Waals surface area contributed by atoms with Crippen molar-refractivity contribution in [1.29, 1.82) is 0 Å². The van der Waals surface area contributed by atoms with Gasteiger partial charge in [-0.2, -0.15) is 0 Å². The van der Waals surface area contributed by atoms with Crippen LogP contribution in [0.3, 0.4) is 0 Å². The highest BCUT2D eigenvalue weighted by Crippen LogP contribution is 2.35. The molecule has 98 valence electrons. The molecule has 0 unspecified atom stereocenters. The predicted molar refractivity (Wildman–Crippen MR) is 89.3 cm³/mol. The van der Waals surface area contributed by atoms with Crippen LogP contribution in [0, 0.1) is 0 Å². The Morgan fingerprint density at radius 1 is 0.800 bits per heavy atom. The summed E-state index contributed by atoms with van der Waals surface area (Å²) < 4.78 is 0. The van der Waals surface area contributed by atoms with Crippen LogP contribution in [0.1, 0.15) is 6.42 Å². The molecule has 0 N–H and O–H groups in total. The first kappa shape index (κ1) is 13.1. The van der Waals surface area contributed by atoms with E-state index in [0.717, 1.165) is 6.42 Å². The zero-order valence-electron chi connectivity index (χ0n) is 11.4. The standard InChI is InChI=1S/C19H17P/c1-3-11-18(12-4-1)20(19-13-5-2-6-14-19)16-15-17-9-7-8-10-17/h1-9,11-14H,15-16H2. The van der Waals surface area contributed by atoms with Crippen LogP contribution in [0.25, 0.3) is 0 Å². The normalized spacial score (nSPS) is 12.9. The molecular weight excluding hydrogens is 259 g/mol. The second kappa shape index (κ2) is 6.53. The van der Waals surface area contributed by atoms with Gasteiger partial charge < -0.3 is 0 Å². The van der Waals surface area contributed by atoms with E-state index in [1.807, 2.05) is 6.08 Å². The van der Waals surface area contributed by atoms with Gasteiger partial charge in [-0.3, -0.25) is 0 Å². The number of rotatable bonds is 5. The van der Waals surface area contributed by atoms with E-state index < -0.39 is 0 Å². The molecule has 2 aromatic rings. The Morgan fingerprint density at radius 2 is 1.40 bits per heavy atom. The molecule has 0 aliphatic heterocycles. The SMILES string of the molecule is C1=CC=CC=1CCP(c1ccccc1)c1ccccc1. The largest absolute Gasteiger partial charge is 0.117 e. The quantitative estimate of drug-likeness (QED) is 0.568. The molecule has 0 saturated heterocycles. The first-order valence-corrected chi connectivity index (χ1v) is 8.46. The highest BCUT2D eigenvalue weighted by molar-refractivity contribution is 7.73. The molecule has 0 atom stereocenters. The summed E-state index contributed by atoms with van der Waals surface area (Å²) in [5, 5.41) is 2.92. The molecule has 0 fully saturated rings. The lowest BCUT2D eigenvalue weighted by Crippen LogP contribution is -2.13. The maximum atomic E-state index is 3.31. The number of benzene rings is 2. The van der Waals surface area contributed by atoms with E-state index in [1.165, 1.54) is 22.3 Å². The van der Waals surface area contributed by atoms with E-state index in [0.29, 0.717) is 0 Å². The Bertz CT molecular complexity index is 607. The predicted octanol–water partition coefficient (Wildman–Crippen LogP) is 4.16. The fraction of sp³-hybridized carbons (Fsp3) is 0.105. The number of allylic oxidation sites excluding steroid dienone is 3. The number of hydrogen-bond acceptors (Lipinski definition) is 0. The van der Waals surface area contributed by atoms with Crippen molar-refractivity contribution in [3.05, 3.63) is 90.2 Å². The summed E-state index contributed by atoms with van der Waals surface area (Å²) in [6.45, 7) is 0. The first-order valence-electron chi connectivity index (χ1n) is 6.93. The van der Waals surface area contributed by atoms with Crippen molar-refractivity contribution in [3.63, 3.8) is 0 Å². The lowest BCUT2D eigenvalue weighted by Gasteiger charge is -2.18. The molecule has 0 heterocycles. The van der Waals surface area contributed by atoms with Gasteiger partial charge in [0.05, 0.1) is 0 Å². The third-order valence-electron chi connectivity index (χ3n) is 3.40. The molecule has 0 nitrogen and oxygen atoms in total. The van der Waals surface area contributed by atoms with Crippen molar-refractivity contribution in [2.75, 3.05) is 6.16 Å². The fourth-order valence-electron chi connectivity index (χ4n) is 2.38. The molecule has 0 radical (unpaired) electrons.